The molecule has 23 heavy (non-hydrogen) atoms. The van der Waals surface area contributed by atoms with Crippen LogP contribution in [0.4, 0.5) is 0 Å². The van der Waals surface area contributed by atoms with Crippen LogP contribution in [-0.4, -0.2) is 36.1 Å². The molecule has 2 amide bonds. The van der Waals surface area contributed by atoms with Crippen LogP contribution in [0.2, 0.25) is 0 Å². The molecule has 0 atom stereocenters. The zero-order chi connectivity index (χ0) is 16.8. The SMILES string of the molecule is Cc1onc(-c2ccccc2)c1C(=O)OCC(=O)NCC(N)=O. The highest BCUT2D eigenvalue weighted by atomic mass is 16.5. The highest BCUT2D eigenvalue weighted by Gasteiger charge is 2.23. The van der Waals surface area contributed by atoms with Crippen molar-refractivity contribution < 1.29 is 23.6 Å². The van der Waals surface area contributed by atoms with Gasteiger partial charge in [-0.15, -0.1) is 0 Å². The molecule has 1 heterocycles. The smallest absolute Gasteiger partial charge is 0.344 e. The first-order chi connectivity index (χ1) is 11.0. The Morgan fingerprint density at radius 2 is 1.96 bits per heavy atom. The zero-order valence-corrected chi connectivity index (χ0v) is 12.4. The van der Waals surface area contributed by atoms with E-state index in [9.17, 15) is 14.4 Å². The average Bonchev–Trinajstić information content (AvgIpc) is 2.93. The van der Waals surface area contributed by atoms with Crippen LogP contribution in [0.5, 0.6) is 0 Å². The first-order valence-electron chi connectivity index (χ1n) is 6.73. The Morgan fingerprint density at radius 1 is 1.26 bits per heavy atom. The lowest BCUT2D eigenvalue weighted by Gasteiger charge is -2.05. The van der Waals surface area contributed by atoms with Gasteiger partial charge in [0.25, 0.3) is 5.91 Å². The fraction of sp³-hybridized carbons (Fsp3) is 0.200. The van der Waals surface area contributed by atoms with Gasteiger partial charge in [-0.1, -0.05) is 35.5 Å². The van der Waals surface area contributed by atoms with Gasteiger partial charge in [-0.3, -0.25) is 9.59 Å². The number of aryl methyl sites for hydroxylation is 1. The molecule has 0 fully saturated rings. The summed E-state index contributed by atoms with van der Waals surface area (Å²) in [5, 5.41) is 6.07. The number of carbonyl (C=O) groups is 3. The van der Waals surface area contributed by atoms with Gasteiger partial charge in [0, 0.05) is 5.56 Å². The predicted octanol–water partition coefficient (Wildman–Crippen LogP) is 0.408. The van der Waals surface area contributed by atoms with Crippen molar-refractivity contribution in [1.29, 1.82) is 0 Å². The molecule has 0 radical (unpaired) electrons. The van der Waals surface area contributed by atoms with Crippen LogP contribution in [0, 0.1) is 6.92 Å². The third-order valence-corrected chi connectivity index (χ3v) is 2.91. The molecule has 0 aliphatic heterocycles. The summed E-state index contributed by atoms with van der Waals surface area (Å²) in [6, 6.07) is 8.97. The van der Waals surface area contributed by atoms with Gasteiger partial charge in [0.05, 0.1) is 6.54 Å². The first kappa shape index (κ1) is 16.2. The second-order valence-corrected chi connectivity index (χ2v) is 4.65. The topological polar surface area (TPSA) is 125 Å². The summed E-state index contributed by atoms with van der Waals surface area (Å²) in [4.78, 5) is 34.1. The van der Waals surface area contributed by atoms with Crippen molar-refractivity contribution in [2.45, 2.75) is 6.92 Å². The summed E-state index contributed by atoms with van der Waals surface area (Å²) >= 11 is 0. The van der Waals surface area contributed by atoms with Crippen molar-refractivity contribution >= 4 is 17.8 Å². The van der Waals surface area contributed by atoms with Crippen molar-refractivity contribution in [3.63, 3.8) is 0 Å². The second-order valence-electron chi connectivity index (χ2n) is 4.65. The van der Waals surface area contributed by atoms with Crippen molar-refractivity contribution in [3.05, 3.63) is 41.7 Å². The van der Waals surface area contributed by atoms with E-state index in [1.54, 1.807) is 31.2 Å². The molecule has 2 aromatic rings. The highest BCUT2D eigenvalue weighted by molar-refractivity contribution is 5.98. The summed E-state index contributed by atoms with van der Waals surface area (Å²) in [5.74, 6) is -1.78. The molecule has 0 spiro atoms. The molecule has 1 aromatic heterocycles. The van der Waals surface area contributed by atoms with Gasteiger partial charge in [-0.25, -0.2) is 4.79 Å². The molecule has 3 N–H and O–H groups in total. The van der Waals surface area contributed by atoms with E-state index in [0.717, 1.165) is 0 Å². The largest absolute Gasteiger partial charge is 0.452 e. The van der Waals surface area contributed by atoms with E-state index in [4.69, 9.17) is 15.0 Å². The molecule has 8 heteroatoms. The maximum absolute atomic E-state index is 12.2. The number of esters is 1. The van der Waals surface area contributed by atoms with Gasteiger partial charge in [-0.05, 0) is 6.92 Å². The molecule has 8 nitrogen and oxygen atoms in total. The van der Waals surface area contributed by atoms with Crippen molar-refractivity contribution in [1.82, 2.24) is 10.5 Å². The maximum atomic E-state index is 12.2. The molecule has 120 valence electrons. The zero-order valence-electron chi connectivity index (χ0n) is 12.4. The van der Waals surface area contributed by atoms with Crippen LogP contribution >= 0.6 is 0 Å². The highest BCUT2D eigenvalue weighted by Crippen LogP contribution is 2.25. The Morgan fingerprint density at radius 3 is 2.61 bits per heavy atom. The monoisotopic (exact) mass is 317 g/mol. The summed E-state index contributed by atoms with van der Waals surface area (Å²) in [5.41, 5.74) is 6.08. The lowest BCUT2D eigenvalue weighted by molar-refractivity contribution is -0.127. The van der Waals surface area contributed by atoms with Gasteiger partial charge in [0.2, 0.25) is 5.91 Å². The summed E-state index contributed by atoms with van der Waals surface area (Å²) < 4.78 is 9.96. The number of carbonyl (C=O) groups excluding carboxylic acids is 3. The van der Waals surface area contributed by atoms with Crippen LogP contribution in [0.15, 0.2) is 34.9 Å². The summed E-state index contributed by atoms with van der Waals surface area (Å²) in [6.07, 6.45) is 0. The number of primary amides is 1. The third kappa shape index (κ3) is 4.16. The molecule has 0 saturated heterocycles. The minimum absolute atomic E-state index is 0.152. The van der Waals surface area contributed by atoms with E-state index in [1.165, 1.54) is 0 Å². The number of benzene rings is 1. The number of hydrogen-bond acceptors (Lipinski definition) is 6. The fourth-order valence-corrected chi connectivity index (χ4v) is 1.85. The van der Waals surface area contributed by atoms with E-state index in [0.29, 0.717) is 11.3 Å². The predicted molar refractivity (Wildman–Crippen MR) is 79.2 cm³/mol. The number of nitrogens with two attached hydrogens (primary N) is 1. The number of aromatic nitrogens is 1. The van der Waals surface area contributed by atoms with Crippen molar-refractivity contribution in [2.75, 3.05) is 13.2 Å². The summed E-state index contributed by atoms with van der Waals surface area (Å²) in [7, 11) is 0. The standard InChI is InChI=1S/C15H15N3O5/c1-9-13(14(18-23-9)10-5-3-2-4-6-10)15(21)22-8-12(20)17-7-11(16)19/h2-6H,7-8H2,1H3,(H2,16,19)(H,17,20). The lowest BCUT2D eigenvalue weighted by atomic mass is 10.1. The quantitative estimate of drug-likeness (QED) is 0.743. The van der Waals surface area contributed by atoms with E-state index in [2.05, 4.69) is 10.5 Å². The molecule has 1 aromatic carbocycles. The molecular weight excluding hydrogens is 302 g/mol. The third-order valence-electron chi connectivity index (χ3n) is 2.91. The normalized spacial score (nSPS) is 10.1. The number of ether oxygens (including phenoxy) is 1. The summed E-state index contributed by atoms with van der Waals surface area (Å²) in [6.45, 7) is 0.714. The maximum Gasteiger partial charge on any atom is 0.344 e. The van der Waals surface area contributed by atoms with Gasteiger partial charge in [0.15, 0.2) is 6.61 Å². The molecule has 0 unspecified atom stereocenters. The van der Waals surface area contributed by atoms with Crippen LogP contribution in [0.3, 0.4) is 0 Å². The number of amides is 2. The van der Waals surface area contributed by atoms with E-state index in [1.807, 2.05) is 6.07 Å². The Balaban J connectivity index is 2.07. The average molecular weight is 317 g/mol. The van der Waals surface area contributed by atoms with Gasteiger partial charge >= 0.3 is 5.97 Å². The molecule has 0 bridgehead atoms. The van der Waals surface area contributed by atoms with Crippen LogP contribution in [-0.2, 0) is 14.3 Å². The van der Waals surface area contributed by atoms with Gasteiger partial charge in [0.1, 0.15) is 17.0 Å². The Labute approximate surface area is 131 Å². The lowest BCUT2D eigenvalue weighted by Crippen LogP contribution is -2.36. The Bertz CT molecular complexity index is 724. The minimum Gasteiger partial charge on any atom is -0.452 e. The number of nitrogens with zero attached hydrogens (tertiary/aromatic N) is 1. The first-order valence-corrected chi connectivity index (χ1v) is 6.73. The van der Waals surface area contributed by atoms with E-state index >= 15 is 0 Å². The molecular formula is C15H15N3O5. The van der Waals surface area contributed by atoms with Gasteiger partial charge in [-0.2, -0.15) is 0 Å². The molecule has 0 aliphatic rings. The number of nitrogens with one attached hydrogen (secondary N) is 1. The molecule has 2 rings (SSSR count). The Kier molecular flexibility index (Phi) is 5.08. The van der Waals surface area contributed by atoms with E-state index in [-0.39, 0.29) is 17.9 Å². The van der Waals surface area contributed by atoms with Crippen molar-refractivity contribution in [3.8, 4) is 11.3 Å². The molecule has 0 aliphatic carbocycles. The second kappa shape index (κ2) is 7.21. The fourth-order valence-electron chi connectivity index (χ4n) is 1.85. The van der Waals surface area contributed by atoms with Gasteiger partial charge < -0.3 is 20.3 Å². The minimum atomic E-state index is -0.739. The number of rotatable bonds is 6. The molecule has 0 saturated carbocycles. The number of hydrogen-bond donors (Lipinski definition) is 2. The van der Waals surface area contributed by atoms with Crippen LogP contribution in [0.25, 0.3) is 11.3 Å². The van der Waals surface area contributed by atoms with Crippen LogP contribution < -0.4 is 11.1 Å². The van der Waals surface area contributed by atoms with E-state index < -0.39 is 24.4 Å². The van der Waals surface area contributed by atoms with Crippen LogP contribution in [0.1, 0.15) is 16.1 Å². The Hall–Kier alpha value is -3.16. The van der Waals surface area contributed by atoms with Crippen molar-refractivity contribution in [2.24, 2.45) is 5.73 Å².